The summed E-state index contributed by atoms with van der Waals surface area (Å²) in [5.74, 6) is -0.238. The van der Waals surface area contributed by atoms with Crippen LogP contribution in [0.1, 0.15) is 20.8 Å². The molecule has 4 nitrogen and oxygen atoms in total. The lowest BCUT2D eigenvalue weighted by Gasteiger charge is -2.34. The fraction of sp³-hybridized carbons (Fsp3) is 0.261. The molecule has 2 aromatic carbocycles. The van der Waals surface area contributed by atoms with E-state index in [1.54, 1.807) is 18.2 Å². The fourth-order valence-corrected chi connectivity index (χ4v) is 4.53. The van der Waals surface area contributed by atoms with Gasteiger partial charge in [-0.05, 0) is 41.3 Å². The summed E-state index contributed by atoms with van der Waals surface area (Å²) in [4.78, 5) is 17.6. The molecule has 1 aliphatic heterocycles. The Kier molecular flexibility index (Phi) is 6.85. The van der Waals surface area contributed by atoms with Crippen LogP contribution < -0.4 is 4.74 Å². The molecule has 31 heavy (non-hydrogen) atoms. The van der Waals surface area contributed by atoms with E-state index in [-0.39, 0.29) is 24.1 Å². The van der Waals surface area contributed by atoms with Gasteiger partial charge in [0.15, 0.2) is 0 Å². The van der Waals surface area contributed by atoms with Crippen LogP contribution in [0.3, 0.4) is 0 Å². The SMILES string of the molecule is O=C(c1cc(COc2cccc(F)c2)cs1)N1CCN(Cc2ccc(F)cc2Cl)CC1. The van der Waals surface area contributed by atoms with Crippen molar-refractivity contribution in [3.05, 3.63) is 86.6 Å². The van der Waals surface area contributed by atoms with Gasteiger partial charge in [-0.3, -0.25) is 9.69 Å². The summed E-state index contributed by atoms with van der Waals surface area (Å²) in [6.45, 7) is 3.58. The van der Waals surface area contributed by atoms with Crippen molar-refractivity contribution in [3.63, 3.8) is 0 Å². The van der Waals surface area contributed by atoms with Gasteiger partial charge in [0.05, 0.1) is 4.88 Å². The van der Waals surface area contributed by atoms with Gasteiger partial charge in [-0.15, -0.1) is 11.3 Å². The first-order valence-corrected chi connectivity index (χ1v) is 11.1. The Morgan fingerprint density at radius 3 is 2.55 bits per heavy atom. The molecule has 0 spiro atoms. The van der Waals surface area contributed by atoms with E-state index in [2.05, 4.69) is 4.90 Å². The van der Waals surface area contributed by atoms with Gasteiger partial charge < -0.3 is 9.64 Å². The zero-order valence-corrected chi connectivity index (χ0v) is 18.3. The van der Waals surface area contributed by atoms with E-state index in [1.807, 2.05) is 16.3 Å². The van der Waals surface area contributed by atoms with Crippen molar-refractivity contribution in [1.29, 1.82) is 0 Å². The molecule has 1 amide bonds. The molecule has 0 atom stereocenters. The molecule has 1 saturated heterocycles. The van der Waals surface area contributed by atoms with Crippen LogP contribution in [0, 0.1) is 11.6 Å². The number of carbonyl (C=O) groups excluding carboxylic acids is 1. The minimum atomic E-state index is -0.348. The van der Waals surface area contributed by atoms with E-state index < -0.39 is 0 Å². The highest BCUT2D eigenvalue weighted by atomic mass is 35.5. The highest BCUT2D eigenvalue weighted by Gasteiger charge is 2.23. The second-order valence-electron chi connectivity index (χ2n) is 7.37. The van der Waals surface area contributed by atoms with Gasteiger partial charge in [0.2, 0.25) is 0 Å². The van der Waals surface area contributed by atoms with Crippen molar-refractivity contribution >= 4 is 28.8 Å². The number of nitrogens with zero attached hydrogens (tertiary/aromatic N) is 2. The molecule has 2 heterocycles. The van der Waals surface area contributed by atoms with Crippen LogP contribution in [0.4, 0.5) is 8.78 Å². The van der Waals surface area contributed by atoms with Crippen molar-refractivity contribution in [2.45, 2.75) is 13.2 Å². The maximum absolute atomic E-state index is 13.2. The number of carbonyl (C=O) groups is 1. The molecule has 1 fully saturated rings. The number of ether oxygens (including phenoxy) is 1. The summed E-state index contributed by atoms with van der Waals surface area (Å²) in [6, 6.07) is 12.2. The number of amides is 1. The standard InChI is InChI=1S/C23H21ClF2N2O2S/c24-21-12-19(26)5-4-17(21)13-27-6-8-28(9-7-27)23(29)22-10-16(15-31-22)14-30-20-3-1-2-18(25)11-20/h1-5,10-12,15H,6-9,13-14H2. The van der Waals surface area contributed by atoms with Gasteiger partial charge >= 0.3 is 0 Å². The Morgan fingerprint density at radius 1 is 1.03 bits per heavy atom. The third-order valence-corrected chi connectivity index (χ3v) is 6.45. The Bertz CT molecular complexity index is 1070. The average molecular weight is 463 g/mol. The number of benzene rings is 2. The van der Waals surface area contributed by atoms with E-state index in [0.29, 0.717) is 35.3 Å². The molecule has 8 heteroatoms. The summed E-state index contributed by atoms with van der Waals surface area (Å²) >= 11 is 7.51. The molecule has 1 aromatic heterocycles. The number of piperazine rings is 1. The Morgan fingerprint density at radius 2 is 1.81 bits per heavy atom. The Balaban J connectivity index is 1.28. The van der Waals surface area contributed by atoms with E-state index >= 15 is 0 Å². The molecule has 0 bridgehead atoms. The molecule has 162 valence electrons. The maximum atomic E-state index is 13.2. The molecule has 3 aromatic rings. The van der Waals surface area contributed by atoms with E-state index in [9.17, 15) is 13.6 Å². The lowest BCUT2D eigenvalue weighted by atomic mass is 10.2. The van der Waals surface area contributed by atoms with Gasteiger partial charge in [-0.2, -0.15) is 0 Å². The smallest absolute Gasteiger partial charge is 0.264 e. The number of halogens is 3. The van der Waals surface area contributed by atoms with Crippen LogP contribution in [-0.4, -0.2) is 41.9 Å². The highest BCUT2D eigenvalue weighted by molar-refractivity contribution is 7.12. The van der Waals surface area contributed by atoms with Crippen molar-refractivity contribution < 1.29 is 18.3 Å². The van der Waals surface area contributed by atoms with Crippen LogP contribution in [-0.2, 0) is 13.2 Å². The van der Waals surface area contributed by atoms with Gasteiger partial charge in [-0.1, -0.05) is 23.7 Å². The Hall–Kier alpha value is -2.48. The van der Waals surface area contributed by atoms with Gasteiger partial charge in [0.25, 0.3) is 5.91 Å². The van der Waals surface area contributed by atoms with Crippen molar-refractivity contribution in [1.82, 2.24) is 9.80 Å². The first-order valence-electron chi connectivity index (χ1n) is 9.89. The van der Waals surface area contributed by atoms with Gasteiger partial charge in [0.1, 0.15) is 24.0 Å². The first-order chi connectivity index (χ1) is 15.0. The number of hydrogen-bond acceptors (Lipinski definition) is 4. The molecule has 1 aliphatic rings. The lowest BCUT2D eigenvalue weighted by Crippen LogP contribution is -2.48. The Labute approximate surface area is 188 Å². The summed E-state index contributed by atoms with van der Waals surface area (Å²) in [5, 5.41) is 2.31. The zero-order valence-electron chi connectivity index (χ0n) is 16.7. The number of hydrogen-bond donors (Lipinski definition) is 0. The minimum Gasteiger partial charge on any atom is -0.489 e. The third kappa shape index (κ3) is 5.61. The van der Waals surface area contributed by atoms with E-state index in [4.69, 9.17) is 16.3 Å². The largest absolute Gasteiger partial charge is 0.489 e. The zero-order chi connectivity index (χ0) is 21.8. The van der Waals surface area contributed by atoms with Crippen molar-refractivity contribution in [3.8, 4) is 5.75 Å². The van der Waals surface area contributed by atoms with Gasteiger partial charge in [0, 0.05) is 49.4 Å². The first kappa shape index (κ1) is 21.7. The van der Waals surface area contributed by atoms with E-state index in [0.717, 1.165) is 24.2 Å². The molecule has 0 aliphatic carbocycles. The topological polar surface area (TPSA) is 32.8 Å². The average Bonchev–Trinajstić information content (AvgIpc) is 3.23. The summed E-state index contributed by atoms with van der Waals surface area (Å²) in [6.07, 6.45) is 0. The van der Waals surface area contributed by atoms with Crippen LogP contribution in [0.15, 0.2) is 53.9 Å². The number of thiophene rings is 1. The normalized spacial score (nSPS) is 14.6. The highest BCUT2D eigenvalue weighted by Crippen LogP contribution is 2.22. The number of rotatable bonds is 6. The quantitative estimate of drug-likeness (QED) is 0.503. The fourth-order valence-electron chi connectivity index (χ4n) is 3.44. The lowest BCUT2D eigenvalue weighted by molar-refractivity contribution is 0.0633. The summed E-state index contributed by atoms with van der Waals surface area (Å²) < 4.78 is 32.1. The predicted molar refractivity (Wildman–Crippen MR) is 118 cm³/mol. The van der Waals surface area contributed by atoms with E-state index in [1.165, 1.54) is 35.6 Å². The predicted octanol–water partition coefficient (Wildman–Crippen LogP) is 5.22. The molecule has 0 N–H and O–H groups in total. The monoisotopic (exact) mass is 462 g/mol. The molecule has 4 rings (SSSR count). The second-order valence-corrected chi connectivity index (χ2v) is 8.69. The summed E-state index contributed by atoms with van der Waals surface area (Å²) in [5.41, 5.74) is 1.76. The van der Waals surface area contributed by atoms with Crippen LogP contribution >= 0.6 is 22.9 Å². The second kappa shape index (κ2) is 9.77. The van der Waals surface area contributed by atoms with Crippen molar-refractivity contribution in [2.24, 2.45) is 0 Å². The van der Waals surface area contributed by atoms with Gasteiger partial charge in [-0.25, -0.2) is 8.78 Å². The summed E-state index contributed by atoms with van der Waals surface area (Å²) in [7, 11) is 0. The van der Waals surface area contributed by atoms with Crippen LogP contribution in [0.2, 0.25) is 5.02 Å². The molecule has 0 radical (unpaired) electrons. The third-order valence-electron chi connectivity index (χ3n) is 5.13. The molecule has 0 saturated carbocycles. The van der Waals surface area contributed by atoms with Crippen LogP contribution in [0.25, 0.3) is 0 Å². The van der Waals surface area contributed by atoms with Crippen molar-refractivity contribution in [2.75, 3.05) is 26.2 Å². The minimum absolute atomic E-state index is 0.00136. The van der Waals surface area contributed by atoms with Crippen LogP contribution in [0.5, 0.6) is 5.75 Å². The molecular formula is C23H21ClF2N2O2S. The molecular weight excluding hydrogens is 442 g/mol. The maximum Gasteiger partial charge on any atom is 0.264 e. The molecule has 0 unspecified atom stereocenters.